The van der Waals surface area contributed by atoms with E-state index >= 15 is 0 Å². The summed E-state index contributed by atoms with van der Waals surface area (Å²) < 4.78 is 13.9. The van der Waals surface area contributed by atoms with Gasteiger partial charge in [-0.15, -0.1) is 11.8 Å². The fourth-order valence-corrected chi connectivity index (χ4v) is 3.00. The van der Waals surface area contributed by atoms with Crippen molar-refractivity contribution in [3.05, 3.63) is 65.5 Å². The van der Waals surface area contributed by atoms with Gasteiger partial charge in [-0.3, -0.25) is 0 Å². The van der Waals surface area contributed by atoms with Crippen molar-refractivity contribution in [2.45, 2.75) is 30.0 Å². The van der Waals surface area contributed by atoms with Gasteiger partial charge < -0.3 is 5.73 Å². The third-order valence-corrected chi connectivity index (χ3v) is 4.04. The van der Waals surface area contributed by atoms with Crippen LogP contribution < -0.4 is 5.73 Å². The molecule has 2 aromatic carbocycles. The molecule has 100 valence electrons. The first-order chi connectivity index (χ1) is 9.16. The van der Waals surface area contributed by atoms with Gasteiger partial charge in [0.15, 0.2) is 0 Å². The summed E-state index contributed by atoms with van der Waals surface area (Å²) in [6, 6.07) is 15.4. The van der Waals surface area contributed by atoms with E-state index in [1.54, 1.807) is 6.07 Å². The van der Waals surface area contributed by atoms with Gasteiger partial charge in [-0.1, -0.05) is 42.5 Å². The molecule has 0 radical (unpaired) electrons. The zero-order valence-corrected chi connectivity index (χ0v) is 11.8. The first kappa shape index (κ1) is 14.1. The summed E-state index contributed by atoms with van der Waals surface area (Å²) in [4.78, 5) is 0.726. The molecule has 1 unspecified atom stereocenters. The Morgan fingerprint density at radius 2 is 1.84 bits per heavy atom. The van der Waals surface area contributed by atoms with Gasteiger partial charge in [-0.25, -0.2) is 4.39 Å². The first-order valence-corrected chi connectivity index (χ1v) is 7.35. The van der Waals surface area contributed by atoms with Crippen molar-refractivity contribution < 1.29 is 4.39 Å². The van der Waals surface area contributed by atoms with Crippen LogP contribution in [0.4, 0.5) is 4.39 Å². The average Bonchev–Trinajstić information content (AvgIpc) is 2.38. The Hall–Kier alpha value is -1.32. The van der Waals surface area contributed by atoms with Crippen molar-refractivity contribution in [1.82, 2.24) is 0 Å². The predicted octanol–water partition coefficient (Wildman–Crippen LogP) is 4.01. The molecular weight excluding hydrogens is 257 g/mol. The average molecular weight is 275 g/mol. The van der Waals surface area contributed by atoms with Crippen LogP contribution >= 0.6 is 11.8 Å². The van der Waals surface area contributed by atoms with Crippen molar-refractivity contribution >= 4 is 11.8 Å². The van der Waals surface area contributed by atoms with E-state index < -0.39 is 0 Å². The molecule has 2 N–H and O–H groups in total. The Balaban J connectivity index is 2.14. The Labute approximate surface area is 118 Å². The molecule has 0 fully saturated rings. The topological polar surface area (TPSA) is 26.0 Å². The van der Waals surface area contributed by atoms with Gasteiger partial charge in [-0.2, -0.15) is 0 Å². The maximum atomic E-state index is 13.9. The molecule has 0 saturated heterocycles. The van der Waals surface area contributed by atoms with Crippen LogP contribution in [0.25, 0.3) is 0 Å². The lowest BCUT2D eigenvalue weighted by molar-refractivity contribution is 0.592. The highest BCUT2D eigenvalue weighted by Gasteiger charge is 2.10. The number of hydrogen-bond acceptors (Lipinski definition) is 2. The molecule has 0 heterocycles. The summed E-state index contributed by atoms with van der Waals surface area (Å²) in [6.07, 6.45) is 0.703. The fourth-order valence-electron chi connectivity index (χ4n) is 1.95. The molecular formula is C16H18FNS. The van der Waals surface area contributed by atoms with Crippen LogP contribution in [-0.4, -0.2) is 6.04 Å². The molecule has 2 aromatic rings. The number of halogens is 1. The third-order valence-electron chi connectivity index (χ3n) is 2.82. The van der Waals surface area contributed by atoms with Crippen molar-refractivity contribution in [2.24, 2.45) is 5.73 Å². The number of thioether (sulfide) groups is 1. The summed E-state index contributed by atoms with van der Waals surface area (Å²) in [5, 5.41) is 0. The van der Waals surface area contributed by atoms with Crippen LogP contribution in [0.2, 0.25) is 0 Å². The van der Waals surface area contributed by atoms with E-state index in [4.69, 9.17) is 5.73 Å². The van der Waals surface area contributed by atoms with Gasteiger partial charge >= 0.3 is 0 Å². The molecule has 3 heteroatoms. The van der Waals surface area contributed by atoms with Gasteiger partial charge in [0.2, 0.25) is 0 Å². The second kappa shape index (κ2) is 6.73. The lowest BCUT2D eigenvalue weighted by Crippen LogP contribution is -2.18. The quantitative estimate of drug-likeness (QED) is 0.834. The summed E-state index contributed by atoms with van der Waals surface area (Å²) >= 11 is 1.54. The monoisotopic (exact) mass is 275 g/mol. The van der Waals surface area contributed by atoms with Crippen LogP contribution in [0.3, 0.4) is 0 Å². The van der Waals surface area contributed by atoms with Gasteiger partial charge in [0.1, 0.15) is 5.82 Å². The minimum absolute atomic E-state index is 0.0397. The minimum Gasteiger partial charge on any atom is -0.328 e. The first-order valence-electron chi connectivity index (χ1n) is 6.36. The van der Waals surface area contributed by atoms with Gasteiger partial charge in [0.05, 0.1) is 0 Å². The molecule has 0 bridgehead atoms. The van der Waals surface area contributed by atoms with E-state index in [0.717, 1.165) is 16.2 Å². The van der Waals surface area contributed by atoms with Crippen LogP contribution in [0.15, 0.2) is 53.4 Å². The van der Waals surface area contributed by atoms with E-state index in [-0.39, 0.29) is 11.9 Å². The largest absolute Gasteiger partial charge is 0.328 e. The minimum atomic E-state index is -0.154. The Morgan fingerprint density at radius 1 is 1.11 bits per heavy atom. The van der Waals surface area contributed by atoms with Gasteiger partial charge in [0.25, 0.3) is 0 Å². The van der Waals surface area contributed by atoms with E-state index in [2.05, 4.69) is 12.1 Å². The Morgan fingerprint density at radius 3 is 2.53 bits per heavy atom. The highest BCUT2D eigenvalue weighted by atomic mass is 32.2. The summed E-state index contributed by atoms with van der Waals surface area (Å²) in [5.41, 5.74) is 8.01. The van der Waals surface area contributed by atoms with Crippen molar-refractivity contribution in [2.75, 3.05) is 0 Å². The molecule has 1 nitrogen and oxygen atoms in total. The van der Waals surface area contributed by atoms with Crippen LogP contribution in [0.1, 0.15) is 18.1 Å². The highest BCUT2D eigenvalue weighted by Crippen LogP contribution is 2.29. The van der Waals surface area contributed by atoms with Crippen LogP contribution in [0, 0.1) is 5.82 Å². The lowest BCUT2D eigenvalue weighted by Gasteiger charge is -2.12. The molecule has 0 aliphatic heterocycles. The smallest absolute Gasteiger partial charge is 0.137 e. The van der Waals surface area contributed by atoms with E-state index in [0.29, 0.717) is 6.42 Å². The molecule has 0 amide bonds. The second-order valence-corrected chi connectivity index (χ2v) is 5.67. The summed E-state index contributed by atoms with van der Waals surface area (Å²) in [6.45, 7) is 1.94. The summed E-state index contributed by atoms with van der Waals surface area (Å²) in [7, 11) is 0. The van der Waals surface area contributed by atoms with Crippen molar-refractivity contribution in [1.29, 1.82) is 0 Å². The number of rotatable bonds is 5. The number of nitrogens with two attached hydrogens (primary N) is 1. The molecule has 0 spiro atoms. The standard InChI is InChI=1S/C16H18FNS/c1-12(18)10-14-8-5-9-15(17)16(14)19-11-13-6-3-2-4-7-13/h2-9,12H,10-11,18H2,1H3. The molecule has 2 rings (SSSR count). The maximum Gasteiger partial charge on any atom is 0.137 e. The molecule has 0 aliphatic rings. The number of benzene rings is 2. The van der Waals surface area contributed by atoms with Crippen LogP contribution in [-0.2, 0) is 12.2 Å². The zero-order chi connectivity index (χ0) is 13.7. The Kier molecular flexibility index (Phi) is 5.00. The highest BCUT2D eigenvalue weighted by molar-refractivity contribution is 7.98. The van der Waals surface area contributed by atoms with Crippen molar-refractivity contribution in [3.63, 3.8) is 0 Å². The Bertz CT molecular complexity index is 526. The van der Waals surface area contributed by atoms with Crippen molar-refractivity contribution in [3.8, 4) is 0 Å². The molecule has 0 saturated carbocycles. The fraction of sp³-hybridized carbons (Fsp3) is 0.250. The number of hydrogen-bond donors (Lipinski definition) is 1. The zero-order valence-electron chi connectivity index (χ0n) is 11.0. The second-order valence-electron chi connectivity index (χ2n) is 4.68. The molecule has 1 atom stereocenters. The maximum absolute atomic E-state index is 13.9. The van der Waals surface area contributed by atoms with Gasteiger partial charge in [-0.05, 0) is 30.5 Å². The molecule has 0 aliphatic carbocycles. The predicted molar refractivity (Wildman–Crippen MR) is 79.8 cm³/mol. The normalized spacial score (nSPS) is 12.4. The van der Waals surface area contributed by atoms with Crippen LogP contribution in [0.5, 0.6) is 0 Å². The summed E-state index contributed by atoms with van der Waals surface area (Å²) in [5.74, 6) is 0.618. The molecule has 0 aromatic heterocycles. The van der Waals surface area contributed by atoms with E-state index in [1.165, 1.54) is 23.4 Å². The molecule has 19 heavy (non-hydrogen) atoms. The van der Waals surface area contributed by atoms with Gasteiger partial charge in [0, 0.05) is 16.7 Å². The third kappa shape index (κ3) is 4.08. The van der Waals surface area contributed by atoms with E-state index in [9.17, 15) is 4.39 Å². The SMILES string of the molecule is CC(N)Cc1cccc(F)c1SCc1ccccc1. The van der Waals surface area contributed by atoms with E-state index in [1.807, 2.05) is 31.2 Å². The lowest BCUT2D eigenvalue weighted by atomic mass is 10.1.